The normalized spacial score (nSPS) is 12.3. The van der Waals surface area contributed by atoms with E-state index in [2.05, 4.69) is 73.6 Å². The summed E-state index contributed by atoms with van der Waals surface area (Å²) in [6.07, 6.45) is 0. The van der Waals surface area contributed by atoms with Crippen molar-refractivity contribution in [3.8, 4) is 11.5 Å². The Morgan fingerprint density at radius 1 is 0.769 bits per heavy atom. The van der Waals surface area contributed by atoms with E-state index in [0.29, 0.717) is 5.75 Å². The number of hydrogen-bond acceptors (Lipinski definition) is 3. The molecule has 2 nitrogen and oxygen atoms in total. The molecule has 3 heteroatoms. The van der Waals surface area contributed by atoms with Crippen molar-refractivity contribution >= 4 is 11.8 Å². The molecule has 2 aromatic carbocycles. The first kappa shape index (κ1) is 20.7. The van der Waals surface area contributed by atoms with Crippen LogP contribution in [-0.2, 0) is 10.8 Å². The summed E-state index contributed by atoms with van der Waals surface area (Å²) >= 11 is 1.58. The zero-order valence-corrected chi connectivity index (χ0v) is 18.4. The van der Waals surface area contributed by atoms with Gasteiger partial charge in [0.15, 0.2) is 0 Å². The molecule has 0 amide bonds. The molecular weight excluding hydrogens is 340 g/mol. The van der Waals surface area contributed by atoms with Crippen molar-refractivity contribution in [2.75, 3.05) is 7.11 Å². The van der Waals surface area contributed by atoms with Crippen LogP contribution in [0.4, 0.5) is 0 Å². The fourth-order valence-corrected chi connectivity index (χ4v) is 4.32. The van der Waals surface area contributed by atoms with Gasteiger partial charge < -0.3 is 9.84 Å². The molecule has 26 heavy (non-hydrogen) atoms. The molecule has 0 spiro atoms. The maximum Gasteiger partial charge on any atom is 0.136 e. The molecule has 0 bridgehead atoms. The molecule has 2 rings (SSSR count). The minimum absolute atomic E-state index is 0.0160. The Labute approximate surface area is 163 Å². The first-order chi connectivity index (χ1) is 11.8. The zero-order chi connectivity index (χ0) is 19.9. The zero-order valence-electron chi connectivity index (χ0n) is 17.6. The molecule has 0 saturated carbocycles. The molecule has 0 aliphatic carbocycles. The maximum absolute atomic E-state index is 10.9. The van der Waals surface area contributed by atoms with E-state index in [1.807, 2.05) is 6.07 Å². The highest BCUT2D eigenvalue weighted by Gasteiger charge is 2.25. The topological polar surface area (TPSA) is 29.5 Å². The third-order valence-electron chi connectivity index (χ3n) is 4.46. The summed E-state index contributed by atoms with van der Waals surface area (Å²) in [6.45, 7) is 17.1. The quantitative estimate of drug-likeness (QED) is 0.645. The van der Waals surface area contributed by atoms with Crippen molar-refractivity contribution < 1.29 is 9.84 Å². The summed E-state index contributed by atoms with van der Waals surface area (Å²) in [7, 11) is 1.72. The lowest BCUT2D eigenvalue weighted by Gasteiger charge is -2.25. The van der Waals surface area contributed by atoms with Crippen molar-refractivity contribution in [2.24, 2.45) is 0 Å². The first-order valence-electron chi connectivity index (χ1n) is 9.05. The van der Waals surface area contributed by atoms with Gasteiger partial charge in [0.25, 0.3) is 0 Å². The first-order valence-corrected chi connectivity index (χ1v) is 9.87. The number of hydrogen-bond donors (Lipinski definition) is 1. The van der Waals surface area contributed by atoms with Gasteiger partial charge in [-0.15, -0.1) is 0 Å². The summed E-state index contributed by atoms with van der Waals surface area (Å²) in [5.74, 6) is 1.26. The predicted octanol–water partition coefficient (Wildman–Crippen LogP) is 6.76. The second-order valence-corrected chi connectivity index (χ2v) is 10.2. The van der Waals surface area contributed by atoms with Gasteiger partial charge in [0.1, 0.15) is 11.5 Å². The molecule has 142 valence electrons. The molecule has 0 aliphatic heterocycles. The number of benzene rings is 2. The second-order valence-electron chi connectivity index (χ2n) is 9.11. The van der Waals surface area contributed by atoms with E-state index in [1.165, 1.54) is 11.1 Å². The SMILES string of the molecule is COc1c(Sc2cc(C)cc(C(C)(C)C)c2O)cc(C)cc1C(C)(C)C. The van der Waals surface area contributed by atoms with Gasteiger partial charge in [-0.3, -0.25) is 0 Å². The lowest BCUT2D eigenvalue weighted by molar-refractivity contribution is 0.387. The number of aromatic hydroxyl groups is 1. The van der Waals surface area contributed by atoms with Crippen LogP contribution in [0, 0.1) is 13.8 Å². The number of phenols is 1. The Morgan fingerprint density at radius 2 is 1.23 bits per heavy atom. The van der Waals surface area contributed by atoms with E-state index in [0.717, 1.165) is 26.7 Å². The van der Waals surface area contributed by atoms with Gasteiger partial charge in [-0.25, -0.2) is 0 Å². The predicted molar refractivity (Wildman–Crippen MR) is 112 cm³/mol. The number of aryl methyl sites for hydroxylation is 2. The standard InChI is InChI=1S/C23H32O2S/c1-14-10-16(22(3,4)5)20(24)18(12-14)26-19-13-15(2)11-17(21(19)25-9)23(6,7)8/h10-13,24H,1-9H3. The average molecular weight is 373 g/mol. The summed E-state index contributed by atoms with van der Waals surface area (Å²) in [6, 6.07) is 8.46. The maximum atomic E-state index is 10.9. The Balaban J connectivity index is 2.63. The third-order valence-corrected chi connectivity index (χ3v) is 5.51. The van der Waals surface area contributed by atoms with E-state index in [1.54, 1.807) is 18.9 Å². The summed E-state index contributed by atoms with van der Waals surface area (Å²) in [4.78, 5) is 1.91. The van der Waals surface area contributed by atoms with Crippen LogP contribution in [0.2, 0.25) is 0 Å². The Hall–Kier alpha value is -1.61. The van der Waals surface area contributed by atoms with E-state index in [-0.39, 0.29) is 10.8 Å². The van der Waals surface area contributed by atoms with E-state index in [4.69, 9.17) is 4.74 Å². The number of methoxy groups -OCH3 is 1. The fourth-order valence-electron chi connectivity index (χ4n) is 3.10. The van der Waals surface area contributed by atoms with Gasteiger partial charge in [-0.2, -0.15) is 0 Å². The molecule has 0 fully saturated rings. The van der Waals surface area contributed by atoms with E-state index >= 15 is 0 Å². The van der Waals surface area contributed by atoms with Crippen LogP contribution in [-0.4, -0.2) is 12.2 Å². The minimum atomic E-state index is -0.112. The Morgan fingerprint density at radius 3 is 1.69 bits per heavy atom. The highest BCUT2D eigenvalue weighted by Crippen LogP contribution is 2.46. The van der Waals surface area contributed by atoms with Crippen molar-refractivity contribution in [3.05, 3.63) is 46.5 Å². The van der Waals surface area contributed by atoms with E-state index in [9.17, 15) is 5.11 Å². The molecule has 0 atom stereocenters. The summed E-state index contributed by atoms with van der Waals surface area (Å²) in [5.41, 5.74) is 4.38. The van der Waals surface area contributed by atoms with Crippen LogP contribution in [0.15, 0.2) is 34.1 Å². The van der Waals surface area contributed by atoms with Crippen LogP contribution in [0.3, 0.4) is 0 Å². The largest absolute Gasteiger partial charge is 0.506 e. The van der Waals surface area contributed by atoms with Crippen LogP contribution in [0.25, 0.3) is 0 Å². The number of phenolic OH excluding ortho intramolecular Hbond substituents is 1. The number of ether oxygens (including phenoxy) is 1. The van der Waals surface area contributed by atoms with Crippen LogP contribution in [0.5, 0.6) is 11.5 Å². The van der Waals surface area contributed by atoms with Crippen molar-refractivity contribution in [3.63, 3.8) is 0 Å². The van der Waals surface area contributed by atoms with Crippen LogP contribution in [0.1, 0.15) is 63.8 Å². The van der Waals surface area contributed by atoms with Gasteiger partial charge in [0.05, 0.1) is 16.9 Å². The molecule has 0 unspecified atom stereocenters. The highest BCUT2D eigenvalue weighted by molar-refractivity contribution is 7.99. The third kappa shape index (κ3) is 4.37. The molecule has 1 N–H and O–H groups in total. The second kappa shape index (κ2) is 7.19. The van der Waals surface area contributed by atoms with Crippen molar-refractivity contribution in [1.29, 1.82) is 0 Å². The van der Waals surface area contributed by atoms with Gasteiger partial charge in [-0.1, -0.05) is 65.4 Å². The Kier molecular flexibility index (Phi) is 5.72. The van der Waals surface area contributed by atoms with Gasteiger partial charge >= 0.3 is 0 Å². The van der Waals surface area contributed by atoms with Crippen molar-refractivity contribution in [2.45, 2.75) is 76.0 Å². The lowest BCUT2D eigenvalue weighted by atomic mass is 9.85. The average Bonchev–Trinajstić information content (AvgIpc) is 2.48. The fraction of sp³-hybridized carbons (Fsp3) is 0.478. The van der Waals surface area contributed by atoms with E-state index < -0.39 is 0 Å². The van der Waals surface area contributed by atoms with Gasteiger partial charge in [-0.05, 0) is 47.9 Å². The Bertz CT molecular complexity index is 808. The molecule has 2 aromatic rings. The monoisotopic (exact) mass is 372 g/mol. The van der Waals surface area contributed by atoms with Crippen molar-refractivity contribution in [1.82, 2.24) is 0 Å². The smallest absolute Gasteiger partial charge is 0.136 e. The molecule has 0 aromatic heterocycles. The molecular formula is C23H32O2S. The molecule has 0 radical (unpaired) electrons. The summed E-state index contributed by atoms with van der Waals surface area (Å²) < 4.78 is 5.80. The van der Waals surface area contributed by atoms with Gasteiger partial charge in [0, 0.05) is 11.1 Å². The van der Waals surface area contributed by atoms with Crippen LogP contribution >= 0.6 is 11.8 Å². The summed E-state index contributed by atoms with van der Waals surface area (Å²) in [5, 5.41) is 10.9. The molecule has 0 heterocycles. The van der Waals surface area contributed by atoms with Gasteiger partial charge in [0.2, 0.25) is 0 Å². The number of rotatable bonds is 3. The molecule has 0 saturated heterocycles. The van der Waals surface area contributed by atoms with Crippen LogP contribution < -0.4 is 4.74 Å². The lowest BCUT2D eigenvalue weighted by Crippen LogP contribution is -2.14. The molecule has 0 aliphatic rings. The highest BCUT2D eigenvalue weighted by atomic mass is 32.2. The minimum Gasteiger partial charge on any atom is -0.506 e.